The summed E-state index contributed by atoms with van der Waals surface area (Å²) in [6.07, 6.45) is 0.848. The average molecular weight is 438 g/mol. The van der Waals surface area contributed by atoms with Crippen LogP contribution in [0.25, 0.3) is 11.0 Å². The number of ether oxygens (including phenoxy) is 1. The van der Waals surface area contributed by atoms with Gasteiger partial charge in [-0.2, -0.15) is 0 Å². The molecule has 1 fully saturated rings. The van der Waals surface area contributed by atoms with Crippen LogP contribution in [0.5, 0.6) is 0 Å². The third-order valence-corrected chi connectivity index (χ3v) is 5.24. The maximum Gasteiger partial charge on any atom is 0.410 e. The second-order valence-electron chi connectivity index (χ2n) is 7.87. The fraction of sp³-hybridized carbons (Fsp3) is 0.526. The Balaban J connectivity index is 1.91. The van der Waals surface area contributed by atoms with Crippen molar-refractivity contribution in [3.63, 3.8) is 0 Å². The number of hydrogen-bond acceptors (Lipinski definition) is 4. The van der Waals surface area contributed by atoms with Crippen molar-refractivity contribution in [2.45, 2.75) is 45.3 Å². The molecule has 2 heterocycles. The quantitative estimate of drug-likeness (QED) is 0.642. The van der Waals surface area contributed by atoms with Crippen LogP contribution in [-0.2, 0) is 11.8 Å². The molecule has 1 aliphatic rings. The van der Waals surface area contributed by atoms with E-state index >= 15 is 0 Å². The van der Waals surface area contributed by atoms with Gasteiger partial charge in [0.05, 0.1) is 11.0 Å². The molecule has 146 valence electrons. The zero-order chi connectivity index (χ0) is 19.9. The Morgan fingerprint density at radius 1 is 1.11 bits per heavy atom. The van der Waals surface area contributed by atoms with E-state index in [0.29, 0.717) is 31.4 Å². The first-order valence-electron chi connectivity index (χ1n) is 8.97. The fourth-order valence-electron chi connectivity index (χ4n) is 3.43. The summed E-state index contributed by atoms with van der Waals surface area (Å²) in [7, 11) is 1.61. The van der Waals surface area contributed by atoms with Gasteiger partial charge in [0, 0.05) is 30.7 Å². The Morgan fingerprint density at radius 2 is 1.74 bits per heavy atom. The SMILES string of the molecule is Cn1c(=O)c(=O)n(C2CCN(C(=O)OC(C)(C)C)CC2)c2ccc(Br)cc21. The number of benzene rings is 1. The molecule has 0 aliphatic carbocycles. The molecule has 0 spiro atoms. The van der Waals surface area contributed by atoms with Gasteiger partial charge >= 0.3 is 17.2 Å². The van der Waals surface area contributed by atoms with Gasteiger partial charge in [0.2, 0.25) is 0 Å². The first-order chi connectivity index (χ1) is 12.6. The van der Waals surface area contributed by atoms with E-state index in [1.807, 2.05) is 39.0 Å². The molecule has 0 unspecified atom stereocenters. The van der Waals surface area contributed by atoms with Gasteiger partial charge in [-0.15, -0.1) is 0 Å². The summed E-state index contributed by atoms with van der Waals surface area (Å²) in [5.41, 5.74) is -0.192. The zero-order valence-electron chi connectivity index (χ0n) is 16.0. The van der Waals surface area contributed by atoms with Crippen molar-refractivity contribution < 1.29 is 9.53 Å². The van der Waals surface area contributed by atoms with Gasteiger partial charge in [0.25, 0.3) is 0 Å². The van der Waals surface area contributed by atoms with Crippen molar-refractivity contribution in [1.82, 2.24) is 14.0 Å². The summed E-state index contributed by atoms with van der Waals surface area (Å²) >= 11 is 3.42. The third kappa shape index (κ3) is 3.95. The number of likely N-dealkylation sites (tertiary alicyclic amines) is 1. The Hall–Kier alpha value is -2.09. The zero-order valence-corrected chi connectivity index (χ0v) is 17.6. The number of halogens is 1. The van der Waals surface area contributed by atoms with Crippen LogP contribution in [0.4, 0.5) is 4.79 Å². The number of piperidine rings is 1. The Morgan fingerprint density at radius 3 is 2.33 bits per heavy atom. The van der Waals surface area contributed by atoms with Crippen molar-refractivity contribution in [3.05, 3.63) is 43.4 Å². The minimum atomic E-state index is -0.546. The van der Waals surface area contributed by atoms with Crippen molar-refractivity contribution in [3.8, 4) is 0 Å². The van der Waals surface area contributed by atoms with E-state index in [-0.39, 0.29) is 12.1 Å². The highest BCUT2D eigenvalue weighted by molar-refractivity contribution is 9.10. The van der Waals surface area contributed by atoms with Crippen LogP contribution in [-0.4, -0.2) is 38.8 Å². The molecule has 8 heteroatoms. The van der Waals surface area contributed by atoms with E-state index in [4.69, 9.17) is 4.74 Å². The number of rotatable bonds is 1. The summed E-state index contributed by atoms with van der Waals surface area (Å²) in [5, 5.41) is 0. The molecule has 1 amide bonds. The summed E-state index contributed by atoms with van der Waals surface area (Å²) in [4.78, 5) is 39.0. The molecule has 3 rings (SSSR count). The second kappa shape index (κ2) is 7.14. The number of fused-ring (bicyclic) bond motifs is 1. The predicted octanol–water partition coefficient (Wildman–Crippen LogP) is 3.03. The van der Waals surface area contributed by atoms with Gasteiger partial charge in [-0.1, -0.05) is 15.9 Å². The topological polar surface area (TPSA) is 73.5 Å². The molecular weight excluding hydrogens is 414 g/mol. The molecule has 0 N–H and O–H groups in total. The van der Waals surface area contributed by atoms with Crippen LogP contribution in [0.1, 0.15) is 39.7 Å². The molecule has 1 aliphatic heterocycles. The normalized spacial score (nSPS) is 16.0. The predicted molar refractivity (Wildman–Crippen MR) is 107 cm³/mol. The number of hydrogen-bond donors (Lipinski definition) is 0. The van der Waals surface area contributed by atoms with Gasteiger partial charge in [-0.25, -0.2) is 4.79 Å². The molecule has 0 radical (unpaired) electrons. The summed E-state index contributed by atoms with van der Waals surface area (Å²) in [6, 6.07) is 5.41. The Kier molecular flexibility index (Phi) is 5.20. The van der Waals surface area contributed by atoms with E-state index in [1.165, 1.54) is 4.57 Å². The lowest BCUT2D eigenvalue weighted by atomic mass is 10.0. The molecule has 0 saturated carbocycles. The van der Waals surface area contributed by atoms with Gasteiger partial charge in [0.15, 0.2) is 0 Å². The lowest BCUT2D eigenvalue weighted by Crippen LogP contribution is -2.46. The molecule has 1 aromatic carbocycles. The molecule has 0 atom stereocenters. The van der Waals surface area contributed by atoms with Gasteiger partial charge in [-0.3, -0.25) is 14.2 Å². The van der Waals surface area contributed by atoms with Crippen LogP contribution in [0, 0.1) is 0 Å². The minimum Gasteiger partial charge on any atom is -0.444 e. The van der Waals surface area contributed by atoms with Crippen molar-refractivity contribution in [2.75, 3.05) is 13.1 Å². The van der Waals surface area contributed by atoms with E-state index in [2.05, 4.69) is 15.9 Å². The third-order valence-electron chi connectivity index (χ3n) is 4.75. The molecule has 1 aromatic heterocycles. The van der Waals surface area contributed by atoms with Gasteiger partial charge < -0.3 is 14.2 Å². The molecule has 0 bridgehead atoms. The van der Waals surface area contributed by atoms with Crippen LogP contribution in [0.2, 0.25) is 0 Å². The van der Waals surface area contributed by atoms with Crippen LogP contribution >= 0.6 is 15.9 Å². The maximum absolute atomic E-state index is 12.7. The summed E-state index contributed by atoms with van der Waals surface area (Å²) in [5.74, 6) is 0. The Bertz CT molecular complexity index is 995. The highest BCUT2D eigenvalue weighted by Crippen LogP contribution is 2.26. The van der Waals surface area contributed by atoms with Crippen LogP contribution in [0.15, 0.2) is 32.3 Å². The van der Waals surface area contributed by atoms with Crippen LogP contribution < -0.4 is 11.1 Å². The molecule has 7 nitrogen and oxygen atoms in total. The molecule has 27 heavy (non-hydrogen) atoms. The number of carbonyl (C=O) groups excluding carboxylic acids is 1. The number of carbonyl (C=O) groups is 1. The van der Waals surface area contributed by atoms with E-state index in [0.717, 1.165) is 9.99 Å². The highest BCUT2D eigenvalue weighted by atomic mass is 79.9. The number of aromatic nitrogens is 2. The smallest absolute Gasteiger partial charge is 0.410 e. The standard InChI is InChI=1S/C19H24BrN3O4/c1-19(2,3)27-18(26)22-9-7-13(8-10-22)23-14-6-5-12(20)11-15(14)21(4)16(24)17(23)25/h5-6,11,13H,7-10H2,1-4H3. The van der Waals surface area contributed by atoms with Gasteiger partial charge in [-0.05, 0) is 51.8 Å². The van der Waals surface area contributed by atoms with E-state index < -0.39 is 16.7 Å². The monoisotopic (exact) mass is 437 g/mol. The van der Waals surface area contributed by atoms with E-state index in [9.17, 15) is 14.4 Å². The Labute approximate surface area is 165 Å². The average Bonchev–Trinajstić information content (AvgIpc) is 2.59. The first kappa shape index (κ1) is 19.7. The number of nitrogens with zero attached hydrogens (tertiary/aromatic N) is 3. The lowest BCUT2D eigenvalue weighted by Gasteiger charge is -2.34. The first-order valence-corrected chi connectivity index (χ1v) is 9.76. The maximum atomic E-state index is 12.7. The summed E-state index contributed by atoms with van der Waals surface area (Å²) < 4.78 is 9.24. The summed E-state index contributed by atoms with van der Waals surface area (Å²) in [6.45, 7) is 6.47. The largest absolute Gasteiger partial charge is 0.444 e. The fourth-order valence-corrected chi connectivity index (χ4v) is 3.78. The number of amides is 1. The number of aryl methyl sites for hydroxylation is 1. The van der Waals surface area contributed by atoms with Crippen molar-refractivity contribution >= 4 is 33.1 Å². The lowest BCUT2D eigenvalue weighted by molar-refractivity contribution is 0.0188. The van der Waals surface area contributed by atoms with Crippen molar-refractivity contribution in [1.29, 1.82) is 0 Å². The highest BCUT2D eigenvalue weighted by Gasteiger charge is 2.29. The van der Waals surface area contributed by atoms with Crippen LogP contribution in [0.3, 0.4) is 0 Å². The molecule has 2 aromatic rings. The molecule has 1 saturated heterocycles. The molecular formula is C19H24BrN3O4. The minimum absolute atomic E-state index is 0.131. The van der Waals surface area contributed by atoms with E-state index in [1.54, 1.807) is 16.5 Å². The van der Waals surface area contributed by atoms with Gasteiger partial charge in [0.1, 0.15) is 5.60 Å². The second-order valence-corrected chi connectivity index (χ2v) is 8.79. The van der Waals surface area contributed by atoms with Crippen molar-refractivity contribution in [2.24, 2.45) is 7.05 Å².